The molecule has 180 valence electrons. The molecule has 0 amide bonds. The van der Waals surface area contributed by atoms with Crippen molar-refractivity contribution >= 4 is 5.97 Å². The van der Waals surface area contributed by atoms with Crippen molar-refractivity contribution in [1.82, 2.24) is 4.90 Å². The molecule has 33 heavy (non-hydrogen) atoms. The number of piperidine rings is 1. The smallest absolute Gasteiger partial charge is 0.335 e. The van der Waals surface area contributed by atoms with Gasteiger partial charge in [-0.3, -0.25) is 0 Å². The van der Waals surface area contributed by atoms with Crippen LogP contribution in [0, 0.1) is 5.92 Å². The minimum absolute atomic E-state index is 0.0230. The summed E-state index contributed by atoms with van der Waals surface area (Å²) in [6.45, 7) is -1.96. The molecule has 0 aromatic heterocycles. The Hall–Kier alpha value is -1.95. The van der Waals surface area contributed by atoms with E-state index in [1.165, 1.54) is 6.07 Å². The van der Waals surface area contributed by atoms with Crippen molar-refractivity contribution in [3.05, 3.63) is 23.3 Å². The third kappa shape index (κ3) is 2.79. The number of hydrogen-bond acceptors (Lipinski definition) is 9. The molecule has 2 aliphatic carbocycles. The Morgan fingerprint density at radius 3 is 2.82 bits per heavy atom. The van der Waals surface area contributed by atoms with Gasteiger partial charge in [-0.05, 0) is 56.8 Å². The molecule has 5 aliphatic rings. The van der Waals surface area contributed by atoms with E-state index in [4.69, 9.17) is 18.3 Å². The van der Waals surface area contributed by atoms with Crippen molar-refractivity contribution in [1.29, 1.82) is 0 Å². The Morgan fingerprint density at radius 2 is 2.06 bits per heavy atom. The summed E-state index contributed by atoms with van der Waals surface area (Å²) in [5, 5.41) is 50.7. The molecule has 1 aromatic carbocycles. The molecule has 2 bridgehead atoms. The van der Waals surface area contributed by atoms with Crippen LogP contribution in [0.4, 0.5) is 0 Å². The first-order valence-corrected chi connectivity index (χ1v) is 11.3. The second-order valence-corrected chi connectivity index (χ2v) is 9.84. The molecule has 3 fully saturated rings. The highest BCUT2D eigenvalue weighted by Crippen LogP contribution is 2.64. The minimum Gasteiger partial charge on any atom is -0.504 e. The van der Waals surface area contributed by atoms with E-state index in [0.717, 1.165) is 11.1 Å². The summed E-state index contributed by atoms with van der Waals surface area (Å²) in [6, 6.07) is 3.09. The molecule has 2 saturated heterocycles. The number of aromatic hydroxyl groups is 1. The number of likely N-dealkylation sites (tertiary alicyclic amines) is 1. The maximum Gasteiger partial charge on any atom is 0.335 e. The lowest BCUT2D eigenvalue weighted by Gasteiger charge is -2.59. The predicted octanol–water partition coefficient (Wildman–Crippen LogP) is -0.661. The van der Waals surface area contributed by atoms with E-state index in [1.807, 2.05) is 6.07 Å². The summed E-state index contributed by atoms with van der Waals surface area (Å²) in [4.78, 5) is 13.1. The molecule has 3 heterocycles. The fraction of sp³-hybridized carbons (Fsp3) is 0.696. The maximum absolute atomic E-state index is 11.5. The van der Waals surface area contributed by atoms with Gasteiger partial charge in [0.2, 0.25) is 0 Å². The molecular formula is C23H29NO9. The largest absolute Gasteiger partial charge is 0.504 e. The number of benzene rings is 1. The fourth-order valence-electron chi connectivity index (χ4n) is 6.97. The van der Waals surface area contributed by atoms with E-state index in [-0.39, 0.29) is 17.7 Å². The molecule has 10 nitrogen and oxygen atoms in total. The Balaban J connectivity index is 1.37. The predicted molar refractivity (Wildman–Crippen MR) is 111 cm³/mol. The van der Waals surface area contributed by atoms with Crippen molar-refractivity contribution in [2.45, 2.75) is 80.1 Å². The fourth-order valence-corrected chi connectivity index (χ4v) is 6.97. The number of rotatable bonds is 3. The molecule has 1 saturated carbocycles. The lowest BCUT2D eigenvalue weighted by atomic mass is 9.51. The molecule has 0 unspecified atom stereocenters. The molecule has 1 aromatic rings. The van der Waals surface area contributed by atoms with Crippen LogP contribution in [0.2, 0.25) is 0 Å². The van der Waals surface area contributed by atoms with E-state index in [1.54, 1.807) is 4.90 Å². The Morgan fingerprint density at radius 1 is 1.24 bits per heavy atom. The summed E-state index contributed by atoms with van der Waals surface area (Å²) in [5.74, 6) is -1.26. The summed E-state index contributed by atoms with van der Waals surface area (Å²) < 4.78 is 42.0. The van der Waals surface area contributed by atoms with Gasteiger partial charge in [0.25, 0.3) is 0 Å². The van der Waals surface area contributed by atoms with Crippen LogP contribution >= 0.6 is 0 Å². The molecule has 0 radical (unpaired) electrons. The Bertz CT molecular complexity index is 1090. The monoisotopic (exact) mass is 466 g/mol. The van der Waals surface area contributed by atoms with Crippen molar-refractivity contribution < 1.29 is 48.7 Å². The van der Waals surface area contributed by atoms with Gasteiger partial charge in [-0.15, -0.1) is 0 Å². The van der Waals surface area contributed by atoms with E-state index >= 15 is 0 Å². The highest BCUT2D eigenvalue weighted by molar-refractivity contribution is 5.73. The van der Waals surface area contributed by atoms with Gasteiger partial charge in [-0.25, -0.2) is 4.79 Å². The lowest BCUT2D eigenvalue weighted by molar-refractivity contribution is -0.315. The topological polar surface area (TPSA) is 149 Å². The van der Waals surface area contributed by atoms with Crippen LogP contribution in [0.15, 0.2) is 12.1 Å². The molecular weight excluding hydrogens is 434 g/mol. The molecule has 5 N–H and O–H groups in total. The van der Waals surface area contributed by atoms with Gasteiger partial charge in [-0.1, -0.05) is 6.07 Å². The number of ether oxygens (including phenoxy) is 3. The second kappa shape index (κ2) is 7.27. The molecule has 1 spiro atoms. The standard InChI is InChI=1S/C23H29NO9/c1-24-7-6-23-10-3-5-13(31-22-17(28)15(26)16(27)19(33-22)21(29)30)20(23)32-18-12(25)4-2-9(14(18)23)8-11(10)24/h2,4,10-11,13,15-17,19-20,22,25-28H,3,5-8H2,1H3,(H,29,30)/t10-,11+,13-,15-,16-,17+,19-,20-,22+,23-/m0/s1/i1D3. The summed E-state index contributed by atoms with van der Waals surface area (Å²) >= 11 is 0. The van der Waals surface area contributed by atoms with Crippen molar-refractivity contribution in [2.24, 2.45) is 5.92 Å². The van der Waals surface area contributed by atoms with Crippen LogP contribution in [0.5, 0.6) is 11.5 Å². The highest BCUT2D eigenvalue weighted by Gasteiger charge is 2.66. The van der Waals surface area contributed by atoms with Gasteiger partial charge in [0.15, 0.2) is 23.9 Å². The molecule has 6 rings (SSSR count). The van der Waals surface area contributed by atoms with Gasteiger partial charge in [0, 0.05) is 21.1 Å². The van der Waals surface area contributed by atoms with Crippen molar-refractivity contribution in [3.63, 3.8) is 0 Å². The van der Waals surface area contributed by atoms with E-state index in [2.05, 4.69) is 0 Å². The average Bonchev–Trinajstić information content (AvgIpc) is 3.15. The number of aliphatic carboxylic acids is 1. The summed E-state index contributed by atoms with van der Waals surface area (Å²) in [5.41, 5.74) is 1.15. The van der Waals surface area contributed by atoms with E-state index in [0.29, 0.717) is 38.0 Å². The van der Waals surface area contributed by atoms with Crippen LogP contribution in [0.1, 0.15) is 34.5 Å². The van der Waals surface area contributed by atoms with Crippen LogP contribution < -0.4 is 4.74 Å². The second-order valence-electron chi connectivity index (χ2n) is 9.84. The number of carbonyl (C=O) groups is 1. The molecule has 10 heteroatoms. The Labute approximate surface area is 194 Å². The molecule has 10 atom stereocenters. The highest BCUT2D eigenvalue weighted by atomic mass is 16.7. The number of aliphatic hydroxyl groups excluding tert-OH is 3. The van der Waals surface area contributed by atoms with Crippen molar-refractivity contribution in [2.75, 3.05) is 13.5 Å². The number of nitrogens with zero attached hydrogens (tertiary/aromatic N) is 1. The number of carboxylic acid groups (broad SMARTS) is 1. The molecule has 3 aliphatic heterocycles. The first-order valence-electron chi connectivity index (χ1n) is 12.8. The number of phenols is 1. The number of aliphatic hydroxyl groups is 3. The van der Waals surface area contributed by atoms with Crippen LogP contribution in [0.3, 0.4) is 0 Å². The normalized spacial score (nSPS) is 47.6. The van der Waals surface area contributed by atoms with Gasteiger partial charge in [0.05, 0.1) is 6.10 Å². The zero-order chi connectivity index (χ0) is 25.7. The number of phenolic OH excluding ortho intramolecular Hbond substituents is 1. The van der Waals surface area contributed by atoms with E-state index in [9.17, 15) is 30.3 Å². The number of carboxylic acids is 1. The first kappa shape index (κ1) is 18.4. The van der Waals surface area contributed by atoms with Crippen LogP contribution in [-0.2, 0) is 26.1 Å². The third-order valence-corrected chi connectivity index (χ3v) is 8.38. The third-order valence-electron chi connectivity index (χ3n) is 8.38. The van der Waals surface area contributed by atoms with Crippen LogP contribution in [-0.4, -0.2) is 98.9 Å². The number of likely N-dealkylation sites (N-methyl/N-ethyl adjacent to an activating group) is 1. The minimum atomic E-state index is -2.26. The van der Waals surface area contributed by atoms with E-state index < -0.39 is 61.3 Å². The Kier molecular flexibility index (Phi) is 4.05. The van der Waals surface area contributed by atoms with Crippen molar-refractivity contribution in [3.8, 4) is 11.5 Å². The van der Waals surface area contributed by atoms with Gasteiger partial charge < -0.3 is 44.6 Å². The summed E-state index contributed by atoms with van der Waals surface area (Å²) in [6.07, 6.45) is -8.07. The summed E-state index contributed by atoms with van der Waals surface area (Å²) in [7, 11) is 0. The van der Waals surface area contributed by atoms with Gasteiger partial charge >= 0.3 is 5.97 Å². The quantitative estimate of drug-likeness (QED) is 0.389. The maximum atomic E-state index is 11.5. The zero-order valence-electron chi connectivity index (χ0n) is 20.7. The first-order chi connectivity index (χ1) is 16.9. The van der Waals surface area contributed by atoms with Gasteiger partial charge in [0.1, 0.15) is 24.4 Å². The average molecular weight is 467 g/mol. The lowest BCUT2D eigenvalue weighted by Crippen LogP contribution is -2.67. The van der Waals surface area contributed by atoms with Gasteiger partial charge in [-0.2, -0.15) is 0 Å². The zero-order valence-corrected chi connectivity index (χ0v) is 17.7. The SMILES string of the molecule is [2H]C([2H])([2H])N1CC[C@]23c4c5ccc(O)c4O[C@H]2[C@@H](O[C@@H]2O[C@H](C(=O)O)[C@@H](O)[C@H](O)[C@H]2O)CC[C@H]3[C@H]1C5. The van der Waals surface area contributed by atoms with Crippen LogP contribution in [0.25, 0.3) is 0 Å². The number of hydrogen-bond donors (Lipinski definition) is 5.